The highest BCUT2D eigenvalue weighted by Crippen LogP contribution is 2.16. The van der Waals surface area contributed by atoms with E-state index in [2.05, 4.69) is 26.2 Å². The van der Waals surface area contributed by atoms with Gasteiger partial charge in [-0.05, 0) is 18.8 Å². The van der Waals surface area contributed by atoms with Gasteiger partial charge in [-0.2, -0.15) is 0 Å². The van der Waals surface area contributed by atoms with E-state index >= 15 is 0 Å². The predicted octanol–water partition coefficient (Wildman–Crippen LogP) is 4.40. The van der Waals surface area contributed by atoms with Crippen LogP contribution in [-0.4, -0.2) is 6.04 Å². The molecule has 0 spiro atoms. The first-order valence-corrected chi connectivity index (χ1v) is 7.72. The molecular weight excluding hydrogens is 208 g/mol. The Bertz CT molecular complexity index is 148. The molecule has 0 aromatic rings. The van der Waals surface area contributed by atoms with Crippen molar-refractivity contribution in [2.24, 2.45) is 11.8 Å². The van der Waals surface area contributed by atoms with Crippen LogP contribution in [0, 0.1) is 5.92 Å². The quantitative estimate of drug-likeness (QED) is 0.302. The molecule has 104 valence electrons. The minimum absolute atomic E-state index is 0.519. The van der Waals surface area contributed by atoms with E-state index in [1.54, 1.807) is 0 Å². The van der Waals surface area contributed by atoms with E-state index in [1.165, 1.54) is 64.2 Å². The summed E-state index contributed by atoms with van der Waals surface area (Å²) < 4.78 is 0. The summed E-state index contributed by atoms with van der Waals surface area (Å²) in [4.78, 5) is 0. The number of unbranched alkanes of at least 4 members (excludes halogenated alkanes) is 6. The van der Waals surface area contributed by atoms with E-state index in [1.807, 2.05) is 0 Å². The smallest absolute Gasteiger partial charge is 0.0236 e. The zero-order chi connectivity index (χ0) is 12.9. The van der Waals surface area contributed by atoms with Gasteiger partial charge in [0.1, 0.15) is 0 Å². The monoisotopic (exact) mass is 242 g/mol. The van der Waals surface area contributed by atoms with E-state index in [0.717, 1.165) is 0 Å². The third-order valence-corrected chi connectivity index (χ3v) is 3.76. The van der Waals surface area contributed by atoms with Gasteiger partial charge in [-0.25, -0.2) is 0 Å². The largest absolute Gasteiger partial charge is 0.271 e. The minimum atomic E-state index is 0.519. The summed E-state index contributed by atoms with van der Waals surface area (Å²) in [6.45, 7) is 6.83. The lowest BCUT2D eigenvalue weighted by molar-refractivity contribution is 0.331. The molecule has 0 saturated heterocycles. The number of rotatable bonds is 12. The first kappa shape index (κ1) is 16.9. The molecule has 2 nitrogen and oxygen atoms in total. The number of nitrogens with two attached hydrogens (primary N) is 1. The van der Waals surface area contributed by atoms with Crippen molar-refractivity contribution in [1.29, 1.82) is 0 Å². The number of hydrazine groups is 1. The van der Waals surface area contributed by atoms with E-state index in [0.29, 0.717) is 12.0 Å². The topological polar surface area (TPSA) is 38.0 Å². The summed E-state index contributed by atoms with van der Waals surface area (Å²) in [7, 11) is 0. The van der Waals surface area contributed by atoms with Crippen LogP contribution in [0.1, 0.15) is 85.0 Å². The Balaban J connectivity index is 3.43. The normalized spacial score (nSPS) is 14.8. The Kier molecular flexibility index (Phi) is 12.3. The zero-order valence-corrected chi connectivity index (χ0v) is 12.3. The van der Waals surface area contributed by atoms with Gasteiger partial charge in [0.05, 0.1) is 0 Å². The summed E-state index contributed by atoms with van der Waals surface area (Å²) in [5, 5.41) is 0. The maximum Gasteiger partial charge on any atom is 0.0236 e. The van der Waals surface area contributed by atoms with E-state index in [4.69, 9.17) is 5.84 Å². The van der Waals surface area contributed by atoms with E-state index in [9.17, 15) is 0 Å². The summed E-state index contributed by atoms with van der Waals surface area (Å²) in [6, 6.07) is 0.519. The van der Waals surface area contributed by atoms with Crippen LogP contribution < -0.4 is 11.3 Å². The van der Waals surface area contributed by atoms with Crippen molar-refractivity contribution in [2.75, 3.05) is 0 Å². The first-order valence-electron chi connectivity index (χ1n) is 7.72. The van der Waals surface area contributed by atoms with Crippen LogP contribution in [0.25, 0.3) is 0 Å². The fraction of sp³-hybridized carbons (Fsp3) is 1.00. The molecule has 17 heavy (non-hydrogen) atoms. The van der Waals surface area contributed by atoms with Crippen LogP contribution in [-0.2, 0) is 0 Å². The Morgan fingerprint density at radius 3 is 1.94 bits per heavy atom. The molecule has 0 radical (unpaired) electrons. The Morgan fingerprint density at radius 1 is 0.824 bits per heavy atom. The first-order chi connectivity index (χ1) is 8.26. The molecule has 2 unspecified atom stereocenters. The van der Waals surface area contributed by atoms with Crippen molar-refractivity contribution in [1.82, 2.24) is 5.43 Å². The second-order valence-corrected chi connectivity index (χ2v) is 5.45. The van der Waals surface area contributed by atoms with Gasteiger partial charge in [0.2, 0.25) is 0 Å². The van der Waals surface area contributed by atoms with Crippen molar-refractivity contribution < 1.29 is 0 Å². The van der Waals surface area contributed by atoms with Gasteiger partial charge >= 0.3 is 0 Å². The highest BCUT2D eigenvalue weighted by atomic mass is 15.2. The van der Waals surface area contributed by atoms with Crippen LogP contribution in [0.15, 0.2) is 0 Å². The molecule has 0 aromatic carbocycles. The van der Waals surface area contributed by atoms with Gasteiger partial charge in [0.15, 0.2) is 0 Å². The lowest BCUT2D eigenvalue weighted by Gasteiger charge is -2.22. The van der Waals surface area contributed by atoms with Crippen LogP contribution in [0.3, 0.4) is 0 Å². The van der Waals surface area contributed by atoms with Gasteiger partial charge < -0.3 is 0 Å². The number of hydrogen-bond donors (Lipinski definition) is 2. The van der Waals surface area contributed by atoms with Crippen molar-refractivity contribution >= 4 is 0 Å². The Hall–Kier alpha value is -0.0800. The highest BCUT2D eigenvalue weighted by Gasteiger charge is 2.13. The third-order valence-electron chi connectivity index (χ3n) is 3.76. The standard InChI is InChI=1S/C15H34N2/c1-4-6-7-8-9-10-11-13-15(17-16)14(3)12-5-2/h14-15,17H,4-13,16H2,1-3H3. The summed E-state index contributed by atoms with van der Waals surface area (Å²) in [5.41, 5.74) is 3.00. The lowest BCUT2D eigenvalue weighted by atomic mass is 9.93. The van der Waals surface area contributed by atoms with Gasteiger partial charge in [-0.15, -0.1) is 0 Å². The summed E-state index contributed by atoms with van der Waals surface area (Å²) >= 11 is 0. The van der Waals surface area contributed by atoms with E-state index in [-0.39, 0.29) is 0 Å². The van der Waals surface area contributed by atoms with Crippen LogP contribution >= 0.6 is 0 Å². The molecule has 0 amide bonds. The molecule has 0 bridgehead atoms. The predicted molar refractivity (Wildman–Crippen MR) is 77.8 cm³/mol. The van der Waals surface area contributed by atoms with Crippen molar-refractivity contribution in [2.45, 2.75) is 91.0 Å². The second-order valence-electron chi connectivity index (χ2n) is 5.45. The SMILES string of the molecule is CCCCCCCCCC(NN)C(C)CCC. The second kappa shape index (κ2) is 12.4. The van der Waals surface area contributed by atoms with Gasteiger partial charge in [0.25, 0.3) is 0 Å². The molecule has 2 atom stereocenters. The van der Waals surface area contributed by atoms with Crippen molar-refractivity contribution in [3.8, 4) is 0 Å². The molecular formula is C15H34N2. The van der Waals surface area contributed by atoms with Crippen molar-refractivity contribution in [3.05, 3.63) is 0 Å². The fourth-order valence-corrected chi connectivity index (χ4v) is 2.51. The molecule has 0 rings (SSSR count). The third kappa shape index (κ3) is 9.61. The number of hydrogen-bond acceptors (Lipinski definition) is 2. The van der Waals surface area contributed by atoms with Gasteiger partial charge in [-0.1, -0.05) is 72.1 Å². The molecule has 0 aliphatic carbocycles. The molecule has 0 aliphatic heterocycles. The molecule has 0 fully saturated rings. The van der Waals surface area contributed by atoms with Gasteiger partial charge in [0, 0.05) is 6.04 Å². The average molecular weight is 242 g/mol. The Labute approximate surface area is 109 Å². The minimum Gasteiger partial charge on any atom is -0.271 e. The molecule has 2 heteroatoms. The molecule has 0 heterocycles. The highest BCUT2D eigenvalue weighted by molar-refractivity contribution is 4.70. The molecule has 0 aromatic heterocycles. The van der Waals surface area contributed by atoms with Crippen molar-refractivity contribution in [3.63, 3.8) is 0 Å². The number of nitrogens with one attached hydrogen (secondary N) is 1. The fourth-order valence-electron chi connectivity index (χ4n) is 2.51. The van der Waals surface area contributed by atoms with Crippen LogP contribution in [0.2, 0.25) is 0 Å². The van der Waals surface area contributed by atoms with Crippen LogP contribution in [0.5, 0.6) is 0 Å². The van der Waals surface area contributed by atoms with Crippen LogP contribution in [0.4, 0.5) is 0 Å². The molecule has 0 aliphatic rings. The zero-order valence-electron chi connectivity index (χ0n) is 12.3. The maximum absolute atomic E-state index is 5.63. The van der Waals surface area contributed by atoms with E-state index < -0.39 is 0 Å². The lowest BCUT2D eigenvalue weighted by Crippen LogP contribution is -2.39. The Morgan fingerprint density at radius 2 is 1.41 bits per heavy atom. The van der Waals surface area contributed by atoms with Gasteiger partial charge in [-0.3, -0.25) is 11.3 Å². The average Bonchev–Trinajstić information content (AvgIpc) is 2.33. The summed E-state index contributed by atoms with van der Waals surface area (Å²) in [5.74, 6) is 6.35. The molecule has 0 saturated carbocycles. The molecule has 3 N–H and O–H groups in total. The summed E-state index contributed by atoms with van der Waals surface area (Å²) in [6.07, 6.45) is 13.5. The maximum atomic E-state index is 5.63.